The zero-order chi connectivity index (χ0) is 35.7. The second-order valence-corrected chi connectivity index (χ2v) is 12.9. The first-order chi connectivity index (χ1) is 24.2. The molecule has 0 aliphatic carbocycles. The number of hydrogen-bond donors (Lipinski definition) is 2. The number of benzene rings is 4. The van der Waals surface area contributed by atoms with Crippen LogP contribution < -0.4 is 23.7 Å². The summed E-state index contributed by atoms with van der Waals surface area (Å²) in [6, 6.07) is 25.5. The summed E-state index contributed by atoms with van der Waals surface area (Å²) in [4.78, 5) is 11.7. The van der Waals surface area contributed by atoms with Gasteiger partial charge in [-0.1, -0.05) is 35.9 Å². The van der Waals surface area contributed by atoms with Gasteiger partial charge < -0.3 is 28.4 Å². The van der Waals surface area contributed by atoms with E-state index in [2.05, 4.69) is 12.0 Å². The molecule has 50 heavy (non-hydrogen) atoms. The molecule has 12 heteroatoms. The quantitative estimate of drug-likeness (QED) is 0.0355. The number of carbonyl (C=O) groups excluding carboxylic acids is 1. The maximum atomic E-state index is 12.8. The van der Waals surface area contributed by atoms with E-state index in [9.17, 15) is 15.2 Å². The SMILES string of the molecule is COc1cc(C2COC(c3cc(OC)c(OC)c(OC)c3)C2)cc(CC#C[N+](O)(O)C(=O)c2ccccc2)c1OCCSc1ccc(Cl)cc1. The van der Waals surface area contributed by atoms with Gasteiger partial charge in [0.15, 0.2) is 23.0 Å². The van der Waals surface area contributed by atoms with Crippen molar-refractivity contribution in [3.05, 3.63) is 106 Å². The zero-order valence-electron chi connectivity index (χ0n) is 28.2. The lowest BCUT2D eigenvalue weighted by Gasteiger charge is -2.19. The summed E-state index contributed by atoms with van der Waals surface area (Å²) < 4.78 is 35.0. The third-order valence-corrected chi connectivity index (χ3v) is 9.36. The molecular weight excluding hydrogens is 682 g/mol. The molecule has 1 amide bonds. The van der Waals surface area contributed by atoms with Crippen LogP contribution in [0.3, 0.4) is 0 Å². The predicted octanol–water partition coefficient (Wildman–Crippen LogP) is 7.73. The topological polar surface area (TPSA) is 113 Å². The zero-order valence-corrected chi connectivity index (χ0v) is 29.8. The summed E-state index contributed by atoms with van der Waals surface area (Å²) >= 11 is 7.64. The Labute approximate surface area is 300 Å². The van der Waals surface area contributed by atoms with Crippen molar-refractivity contribution in [2.24, 2.45) is 0 Å². The van der Waals surface area contributed by atoms with E-state index in [0.29, 0.717) is 64.7 Å². The third-order valence-electron chi connectivity index (χ3n) is 8.13. The highest BCUT2D eigenvalue weighted by Gasteiger charge is 2.35. The molecule has 1 saturated heterocycles. The average molecular weight is 721 g/mol. The van der Waals surface area contributed by atoms with E-state index in [0.717, 1.165) is 16.0 Å². The number of ether oxygens (including phenoxy) is 6. The fourth-order valence-corrected chi connectivity index (χ4v) is 6.49. The number of methoxy groups -OCH3 is 4. The molecule has 2 atom stereocenters. The van der Waals surface area contributed by atoms with Crippen LogP contribution >= 0.6 is 23.4 Å². The lowest BCUT2D eigenvalue weighted by Crippen LogP contribution is -2.42. The van der Waals surface area contributed by atoms with Gasteiger partial charge >= 0.3 is 5.91 Å². The Morgan fingerprint density at radius 2 is 1.52 bits per heavy atom. The van der Waals surface area contributed by atoms with Gasteiger partial charge in [0.2, 0.25) is 11.8 Å². The van der Waals surface area contributed by atoms with Crippen molar-refractivity contribution in [1.29, 1.82) is 0 Å². The van der Waals surface area contributed by atoms with Crippen molar-refractivity contribution < 1.29 is 48.4 Å². The monoisotopic (exact) mass is 720 g/mol. The lowest BCUT2D eigenvalue weighted by molar-refractivity contribution is -1.14. The fourth-order valence-electron chi connectivity index (χ4n) is 5.64. The molecule has 0 saturated carbocycles. The highest BCUT2D eigenvalue weighted by molar-refractivity contribution is 7.99. The van der Waals surface area contributed by atoms with Crippen molar-refractivity contribution in [2.75, 3.05) is 47.4 Å². The number of nitrogens with zero attached hydrogens (tertiary/aromatic N) is 1. The Balaban J connectivity index is 1.40. The van der Waals surface area contributed by atoms with Gasteiger partial charge in [0, 0.05) is 33.6 Å². The van der Waals surface area contributed by atoms with Crippen molar-refractivity contribution in [1.82, 2.24) is 0 Å². The molecule has 5 rings (SSSR count). The van der Waals surface area contributed by atoms with Crippen LogP contribution in [0.5, 0.6) is 28.7 Å². The molecule has 262 valence electrons. The molecule has 1 fully saturated rings. The van der Waals surface area contributed by atoms with Crippen LogP contribution in [0.4, 0.5) is 0 Å². The lowest BCUT2D eigenvalue weighted by atomic mass is 9.91. The molecule has 1 aliphatic rings. The molecule has 4 aromatic carbocycles. The normalized spacial score (nSPS) is 15.5. The minimum absolute atomic E-state index is 0.0144. The van der Waals surface area contributed by atoms with Gasteiger partial charge in [-0.05, 0) is 78.1 Å². The molecule has 1 heterocycles. The van der Waals surface area contributed by atoms with Gasteiger partial charge in [-0.15, -0.1) is 11.8 Å². The smallest absolute Gasteiger partial charge is 0.424 e. The number of carbonyl (C=O) groups is 1. The number of rotatable bonds is 13. The van der Waals surface area contributed by atoms with Gasteiger partial charge in [-0.3, -0.25) is 0 Å². The van der Waals surface area contributed by atoms with Crippen molar-refractivity contribution in [2.45, 2.75) is 29.8 Å². The van der Waals surface area contributed by atoms with Crippen LogP contribution in [-0.4, -0.2) is 68.5 Å². The van der Waals surface area contributed by atoms with E-state index in [-0.39, 0.29) is 24.0 Å². The Morgan fingerprint density at radius 3 is 2.16 bits per heavy atom. The minimum Gasteiger partial charge on any atom is -0.493 e. The van der Waals surface area contributed by atoms with E-state index in [1.54, 1.807) is 58.4 Å². The minimum atomic E-state index is -2.11. The summed E-state index contributed by atoms with van der Waals surface area (Å²) in [6.45, 7) is 0.790. The molecule has 2 N–H and O–H groups in total. The Hall–Kier alpha value is -4.41. The highest BCUT2D eigenvalue weighted by atomic mass is 35.5. The van der Waals surface area contributed by atoms with E-state index >= 15 is 0 Å². The van der Waals surface area contributed by atoms with Gasteiger partial charge in [0.1, 0.15) is 0 Å². The Bertz CT molecular complexity index is 1820. The average Bonchev–Trinajstić information content (AvgIpc) is 3.64. The van der Waals surface area contributed by atoms with E-state index in [1.807, 2.05) is 48.5 Å². The molecule has 0 aromatic heterocycles. The first-order valence-electron chi connectivity index (χ1n) is 15.8. The summed E-state index contributed by atoms with van der Waals surface area (Å²) in [5.41, 5.74) is 2.60. The fraction of sp³-hybridized carbons (Fsp3) is 0.289. The highest BCUT2D eigenvalue weighted by Crippen LogP contribution is 2.46. The van der Waals surface area contributed by atoms with Crippen LogP contribution in [0.2, 0.25) is 5.02 Å². The van der Waals surface area contributed by atoms with Crippen molar-refractivity contribution in [3.63, 3.8) is 0 Å². The maximum absolute atomic E-state index is 12.8. The molecule has 0 bridgehead atoms. The number of amides is 1. The summed E-state index contributed by atoms with van der Waals surface area (Å²) in [5, 5.41) is 21.7. The van der Waals surface area contributed by atoms with Gasteiger partial charge in [-0.25, -0.2) is 4.79 Å². The first kappa shape index (κ1) is 36.9. The second-order valence-electron chi connectivity index (χ2n) is 11.3. The molecule has 0 spiro atoms. The largest absolute Gasteiger partial charge is 0.493 e. The molecule has 10 nitrogen and oxygen atoms in total. The predicted molar refractivity (Wildman–Crippen MR) is 189 cm³/mol. The van der Waals surface area contributed by atoms with Crippen molar-refractivity contribution >= 4 is 29.3 Å². The van der Waals surface area contributed by atoms with Crippen molar-refractivity contribution in [3.8, 4) is 40.7 Å². The summed E-state index contributed by atoms with van der Waals surface area (Å²) in [6.07, 6.45) is 0.454. The van der Waals surface area contributed by atoms with Gasteiger partial charge in [0.05, 0.1) is 58.1 Å². The maximum Gasteiger partial charge on any atom is 0.424 e. The van der Waals surface area contributed by atoms with E-state index in [1.165, 1.54) is 12.1 Å². The van der Waals surface area contributed by atoms with E-state index < -0.39 is 10.7 Å². The molecular formula is C38H39ClNO9S+. The molecule has 0 radical (unpaired) electrons. The Kier molecular flexibility index (Phi) is 12.5. The number of thioether (sulfide) groups is 1. The van der Waals surface area contributed by atoms with Crippen LogP contribution in [-0.2, 0) is 11.2 Å². The number of halogens is 1. The summed E-state index contributed by atoms with van der Waals surface area (Å²) in [7, 11) is 6.27. The Morgan fingerprint density at radius 1 is 0.880 bits per heavy atom. The standard InChI is InChI=1S/C38H39ClNO9S/c1-44-33-20-27(29-23-32(49-24-29)28-21-34(45-2)37(47-4)35(22-28)46-3)19-26(36(33)48-17-18-50-31-14-12-30(39)13-15-31)11-8-16-40(42,43)38(41)25-9-6-5-7-10-25/h5-7,9-10,12-15,19-22,29,32,42-43H,11,17-18,23-24H2,1-4H3/q+1. The molecule has 2 unspecified atom stereocenters. The van der Waals surface area contributed by atoms with Crippen LogP contribution in [0.15, 0.2) is 83.8 Å². The third kappa shape index (κ3) is 8.84. The first-order valence-corrected chi connectivity index (χ1v) is 17.1. The van der Waals surface area contributed by atoms with Crippen LogP contribution in [0.1, 0.15) is 45.5 Å². The number of hydroxylamine groups is 4. The van der Waals surface area contributed by atoms with E-state index in [4.69, 9.17) is 40.0 Å². The van der Waals surface area contributed by atoms with Gasteiger partial charge in [0.25, 0.3) is 0 Å². The number of quaternary nitrogens is 1. The second kappa shape index (κ2) is 17.0. The summed E-state index contributed by atoms with van der Waals surface area (Å²) in [5.74, 6) is 4.99. The van der Waals surface area contributed by atoms with Gasteiger partial charge in [-0.2, -0.15) is 10.4 Å². The van der Waals surface area contributed by atoms with Crippen LogP contribution in [0.25, 0.3) is 0 Å². The number of hydrogen-bond acceptors (Lipinski definition) is 10. The molecule has 1 aliphatic heterocycles. The van der Waals surface area contributed by atoms with Crippen LogP contribution in [0, 0.1) is 12.0 Å². The molecule has 4 aromatic rings.